The third-order valence-corrected chi connectivity index (χ3v) is 5.45. The molecule has 7 heteroatoms. The van der Waals surface area contributed by atoms with Crippen molar-refractivity contribution in [1.82, 2.24) is 14.8 Å². The second kappa shape index (κ2) is 10.1. The number of benzene rings is 2. The molecule has 1 unspecified atom stereocenters. The van der Waals surface area contributed by atoms with Crippen molar-refractivity contribution in [3.8, 4) is 5.75 Å². The number of anilines is 1. The lowest BCUT2D eigenvalue weighted by molar-refractivity contribution is -0.113. The highest BCUT2D eigenvalue weighted by molar-refractivity contribution is 7.99. The number of rotatable bonds is 9. The fraction of sp³-hybridized carbons (Fsp3) is 0.318. The van der Waals surface area contributed by atoms with Crippen LogP contribution in [0.5, 0.6) is 5.75 Å². The normalized spacial score (nSPS) is 11.8. The van der Waals surface area contributed by atoms with Crippen LogP contribution in [0.3, 0.4) is 0 Å². The predicted molar refractivity (Wildman–Crippen MR) is 116 cm³/mol. The Morgan fingerprint density at radius 3 is 2.55 bits per heavy atom. The van der Waals surface area contributed by atoms with Gasteiger partial charge < -0.3 is 14.6 Å². The van der Waals surface area contributed by atoms with Crippen LogP contribution in [0.2, 0.25) is 0 Å². The van der Waals surface area contributed by atoms with Crippen LogP contribution in [-0.2, 0) is 17.8 Å². The first-order valence-corrected chi connectivity index (χ1v) is 10.8. The highest BCUT2D eigenvalue weighted by atomic mass is 32.2. The number of aryl methyl sites for hydroxylation is 1. The van der Waals surface area contributed by atoms with E-state index in [0.717, 1.165) is 29.2 Å². The van der Waals surface area contributed by atoms with Gasteiger partial charge in [0, 0.05) is 12.2 Å². The van der Waals surface area contributed by atoms with Crippen LogP contribution in [0.1, 0.15) is 38.3 Å². The highest BCUT2D eigenvalue weighted by Crippen LogP contribution is 2.25. The van der Waals surface area contributed by atoms with Gasteiger partial charge in [0.2, 0.25) is 5.91 Å². The average Bonchev–Trinajstić information content (AvgIpc) is 3.16. The largest absolute Gasteiger partial charge is 0.483 e. The van der Waals surface area contributed by atoms with E-state index in [1.54, 1.807) is 0 Å². The zero-order chi connectivity index (χ0) is 20.6. The summed E-state index contributed by atoms with van der Waals surface area (Å²) in [5.74, 6) is 1.74. The maximum atomic E-state index is 12.4. The maximum absolute atomic E-state index is 12.4. The molecule has 6 nitrogen and oxygen atoms in total. The van der Waals surface area contributed by atoms with Crippen molar-refractivity contribution in [3.05, 3.63) is 66.0 Å². The molecule has 1 aromatic heterocycles. The summed E-state index contributed by atoms with van der Waals surface area (Å²) in [6, 6.07) is 17.5. The summed E-state index contributed by atoms with van der Waals surface area (Å²) in [6.45, 7) is 6.76. The highest BCUT2D eigenvalue weighted by Gasteiger charge is 2.19. The van der Waals surface area contributed by atoms with Gasteiger partial charge in [-0.1, -0.05) is 55.1 Å². The third kappa shape index (κ3) is 5.38. The first-order chi connectivity index (χ1) is 14.1. The average molecular weight is 411 g/mol. The zero-order valence-electron chi connectivity index (χ0n) is 17.0. The zero-order valence-corrected chi connectivity index (χ0v) is 17.8. The van der Waals surface area contributed by atoms with Crippen LogP contribution in [-0.4, -0.2) is 26.4 Å². The summed E-state index contributed by atoms with van der Waals surface area (Å²) in [7, 11) is 0. The van der Waals surface area contributed by atoms with Gasteiger partial charge in [-0.3, -0.25) is 4.79 Å². The van der Waals surface area contributed by atoms with Gasteiger partial charge in [-0.25, -0.2) is 0 Å². The summed E-state index contributed by atoms with van der Waals surface area (Å²) in [4.78, 5) is 12.4. The molecule has 0 aliphatic carbocycles. The molecule has 0 radical (unpaired) electrons. The molecule has 0 saturated heterocycles. The number of hydrogen-bond acceptors (Lipinski definition) is 5. The quantitative estimate of drug-likeness (QED) is 0.517. The second-order valence-corrected chi connectivity index (χ2v) is 7.45. The minimum absolute atomic E-state index is 0.0586. The summed E-state index contributed by atoms with van der Waals surface area (Å²) in [5, 5.41) is 12.3. The Hall–Kier alpha value is -2.80. The van der Waals surface area contributed by atoms with Gasteiger partial charge in [-0.2, -0.15) is 0 Å². The minimum atomic E-state index is -0.246. The molecule has 152 valence electrons. The van der Waals surface area contributed by atoms with E-state index in [1.165, 1.54) is 11.8 Å². The molecule has 3 aromatic rings. The fourth-order valence-electron chi connectivity index (χ4n) is 3.03. The molecule has 0 fully saturated rings. The molecular formula is C22H26N4O2S. The Morgan fingerprint density at radius 2 is 1.83 bits per heavy atom. The summed E-state index contributed by atoms with van der Waals surface area (Å²) in [6.07, 6.45) is 0.626. The summed E-state index contributed by atoms with van der Waals surface area (Å²) < 4.78 is 7.97. The van der Waals surface area contributed by atoms with E-state index < -0.39 is 0 Å². The molecule has 1 amide bonds. The van der Waals surface area contributed by atoms with E-state index in [9.17, 15) is 4.79 Å². The molecule has 0 spiro atoms. The maximum Gasteiger partial charge on any atom is 0.234 e. The standard InChI is InChI=1S/C22H26N4O2S/c1-4-17-11-9-10-14-19(17)23-20(27)15-29-22-25-24-21(26(22)5-2)16(3)28-18-12-7-6-8-13-18/h6-14,16H,4-5,15H2,1-3H3,(H,23,27). The lowest BCUT2D eigenvalue weighted by Gasteiger charge is -2.15. The van der Waals surface area contributed by atoms with Crippen molar-refractivity contribution in [1.29, 1.82) is 0 Å². The molecule has 1 N–H and O–H groups in total. The number of thioether (sulfide) groups is 1. The van der Waals surface area contributed by atoms with Crippen LogP contribution in [0.25, 0.3) is 0 Å². The van der Waals surface area contributed by atoms with Crippen LogP contribution < -0.4 is 10.1 Å². The van der Waals surface area contributed by atoms with Crippen molar-refractivity contribution in [2.75, 3.05) is 11.1 Å². The number of carbonyl (C=O) groups is 1. The van der Waals surface area contributed by atoms with Gasteiger partial charge >= 0.3 is 0 Å². The number of hydrogen-bond donors (Lipinski definition) is 1. The van der Waals surface area contributed by atoms with Crippen molar-refractivity contribution < 1.29 is 9.53 Å². The van der Waals surface area contributed by atoms with Crippen LogP contribution >= 0.6 is 11.8 Å². The van der Waals surface area contributed by atoms with Gasteiger partial charge in [0.05, 0.1) is 5.75 Å². The number of aromatic nitrogens is 3. The van der Waals surface area contributed by atoms with Crippen LogP contribution in [0, 0.1) is 0 Å². The predicted octanol–water partition coefficient (Wildman–Crippen LogP) is 4.73. The Morgan fingerprint density at radius 1 is 1.10 bits per heavy atom. The Labute approximate surface area is 175 Å². The minimum Gasteiger partial charge on any atom is -0.483 e. The Kier molecular flexibility index (Phi) is 7.30. The van der Waals surface area contributed by atoms with Crippen molar-refractivity contribution in [2.24, 2.45) is 0 Å². The smallest absolute Gasteiger partial charge is 0.234 e. The lowest BCUT2D eigenvalue weighted by Crippen LogP contribution is -2.16. The monoisotopic (exact) mass is 410 g/mol. The fourth-order valence-corrected chi connectivity index (χ4v) is 3.84. The van der Waals surface area contributed by atoms with E-state index in [4.69, 9.17) is 4.74 Å². The van der Waals surface area contributed by atoms with Gasteiger partial charge in [0.25, 0.3) is 0 Å². The van der Waals surface area contributed by atoms with Gasteiger partial charge in [-0.05, 0) is 44.0 Å². The molecule has 0 saturated carbocycles. The molecule has 29 heavy (non-hydrogen) atoms. The van der Waals surface area contributed by atoms with Crippen LogP contribution in [0.4, 0.5) is 5.69 Å². The summed E-state index contributed by atoms with van der Waals surface area (Å²) >= 11 is 1.38. The summed E-state index contributed by atoms with van der Waals surface area (Å²) in [5.41, 5.74) is 1.99. The van der Waals surface area contributed by atoms with Gasteiger partial charge in [0.15, 0.2) is 17.1 Å². The van der Waals surface area contributed by atoms with E-state index in [-0.39, 0.29) is 17.8 Å². The molecule has 1 heterocycles. The first-order valence-electron chi connectivity index (χ1n) is 9.77. The number of para-hydroxylation sites is 2. The van der Waals surface area contributed by atoms with Gasteiger partial charge in [-0.15, -0.1) is 10.2 Å². The molecule has 0 aliphatic heterocycles. The van der Waals surface area contributed by atoms with E-state index >= 15 is 0 Å². The van der Waals surface area contributed by atoms with Crippen molar-refractivity contribution in [3.63, 3.8) is 0 Å². The second-order valence-electron chi connectivity index (χ2n) is 6.51. The van der Waals surface area contributed by atoms with E-state index in [0.29, 0.717) is 11.7 Å². The van der Waals surface area contributed by atoms with Crippen LogP contribution in [0.15, 0.2) is 59.8 Å². The Bertz CT molecular complexity index is 943. The molecule has 0 aliphatic rings. The number of nitrogens with zero attached hydrogens (tertiary/aromatic N) is 3. The number of nitrogens with one attached hydrogen (secondary N) is 1. The molecule has 1 atom stereocenters. The number of carbonyl (C=O) groups excluding carboxylic acids is 1. The number of amides is 1. The lowest BCUT2D eigenvalue weighted by atomic mass is 10.1. The van der Waals surface area contributed by atoms with Gasteiger partial charge in [0.1, 0.15) is 5.75 Å². The first kappa shape index (κ1) is 20.9. The molecule has 0 bridgehead atoms. The Balaban J connectivity index is 1.63. The molecule has 2 aromatic carbocycles. The van der Waals surface area contributed by atoms with E-state index in [1.807, 2.05) is 73.0 Å². The molecule has 3 rings (SSSR count). The van der Waals surface area contributed by atoms with Crippen molar-refractivity contribution in [2.45, 2.75) is 45.0 Å². The van der Waals surface area contributed by atoms with E-state index in [2.05, 4.69) is 22.4 Å². The third-order valence-electron chi connectivity index (χ3n) is 4.49. The van der Waals surface area contributed by atoms with Crippen molar-refractivity contribution >= 4 is 23.4 Å². The topological polar surface area (TPSA) is 69.0 Å². The SMILES string of the molecule is CCc1ccccc1NC(=O)CSc1nnc(C(C)Oc2ccccc2)n1CC. The number of ether oxygens (including phenoxy) is 1. The molecular weight excluding hydrogens is 384 g/mol.